The van der Waals surface area contributed by atoms with Crippen molar-refractivity contribution in [3.8, 4) is 0 Å². The molecule has 1 aliphatic rings. The van der Waals surface area contributed by atoms with E-state index >= 15 is 0 Å². The Bertz CT molecular complexity index is 407. The van der Waals surface area contributed by atoms with E-state index in [1.165, 1.54) is 12.1 Å². The van der Waals surface area contributed by atoms with Crippen LogP contribution in [0.2, 0.25) is 0 Å². The van der Waals surface area contributed by atoms with Crippen LogP contribution in [0.15, 0.2) is 91.0 Å². The van der Waals surface area contributed by atoms with Crippen molar-refractivity contribution in [2.75, 3.05) is 0 Å². The Morgan fingerprint density at radius 2 is 1.00 bits per heavy atom. The predicted octanol–water partition coefficient (Wildman–Crippen LogP) is 5.01. The van der Waals surface area contributed by atoms with E-state index in [9.17, 15) is 4.39 Å². The van der Waals surface area contributed by atoms with Crippen LogP contribution in [-0.2, 0) is 0 Å². The number of allylic oxidation sites excluding steroid dienone is 4. The van der Waals surface area contributed by atoms with Crippen molar-refractivity contribution in [2.45, 2.75) is 6.42 Å². The van der Waals surface area contributed by atoms with Crippen LogP contribution < -0.4 is 0 Å². The largest absolute Gasteiger partial charge is 0.207 e. The number of rotatable bonds is 0. The van der Waals surface area contributed by atoms with Gasteiger partial charge in [-0.05, 0) is 18.6 Å². The van der Waals surface area contributed by atoms with Gasteiger partial charge in [0.1, 0.15) is 5.82 Å². The van der Waals surface area contributed by atoms with Gasteiger partial charge in [-0.15, -0.1) is 0 Å². The molecule has 3 rings (SSSR count). The van der Waals surface area contributed by atoms with E-state index < -0.39 is 0 Å². The minimum atomic E-state index is -0.178. The molecule has 1 aliphatic carbocycles. The Kier molecular flexibility index (Phi) is 7.75. The molecule has 18 heavy (non-hydrogen) atoms. The molecule has 0 saturated heterocycles. The minimum Gasteiger partial charge on any atom is -0.207 e. The Labute approximate surface area is 108 Å². The van der Waals surface area contributed by atoms with Crippen LogP contribution in [0.3, 0.4) is 0 Å². The van der Waals surface area contributed by atoms with Crippen LogP contribution in [-0.4, -0.2) is 0 Å². The van der Waals surface area contributed by atoms with Crippen molar-refractivity contribution >= 4 is 0 Å². The Morgan fingerprint density at radius 1 is 0.611 bits per heavy atom. The normalized spacial score (nSPS) is 10.9. The SMILES string of the molecule is C1=CCC=C1.Fc1ccccc1.c1ccccc1. The topological polar surface area (TPSA) is 0 Å². The smallest absolute Gasteiger partial charge is 0.123 e. The van der Waals surface area contributed by atoms with Gasteiger partial charge in [0.05, 0.1) is 0 Å². The predicted molar refractivity (Wildman–Crippen MR) is 75.7 cm³/mol. The molecule has 0 fully saturated rings. The maximum Gasteiger partial charge on any atom is 0.123 e. The fraction of sp³-hybridized carbons (Fsp3) is 0.0588. The summed E-state index contributed by atoms with van der Waals surface area (Å²) in [5.41, 5.74) is 0. The molecule has 2 aromatic carbocycles. The van der Waals surface area contributed by atoms with Crippen LogP contribution in [0.25, 0.3) is 0 Å². The van der Waals surface area contributed by atoms with Gasteiger partial charge in [-0.3, -0.25) is 0 Å². The maximum atomic E-state index is 11.9. The third kappa shape index (κ3) is 8.05. The first-order chi connectivity index (χ1) is 8.89. The first-order valence-electron chi connectivity index (χ1n) is 5.92. The monoisotopic (exact) mass is 240 g/mol. The molecule has 1 heteroatoms. The molecule has 0 radical (unpaired) electrons. The van der Waals surface area contributed by atoms with Gasteiger partial charge in [0.25, 0.3) is 0 Å². The molecule has 0 aliphatic heterocycles. The molecule has 0 heterocycles. The number of halogens is 1. The van der Waals surface area contributed by atoms with Gasteiger partial charge in [0.2, 0.25) is 0 Å². The molecule has 0 atom stereocenters. The van der Waals surface area contributed by atoms with Gasteiger partial charge in [-0.25, -0.2) is 4.39 Å². The molecule has 0 bridgehead atoms. The molecule has 0 aromatic heterocycles. The average Bonchev–Trinajstić information content (AvgIpc) is 3.01. The lowest BCUT2D eigenvalue weighted by Crippen LogP contribution is -1.63. The first-order valence-corrected chi connectivity index (χ1v) is 5.92. The highest BCUT2D eigenvalue weighted by Gasteiger charge is 1.77. The Morgan fingerprint density at radius 3 is 1.22 bits per heavy atom. The summed E-state index contributed by atoms with van der Waals surface area (Å²) in [6.07, 6.45) is 9.50. The van der Waals surface area contributed by atoms with Crippen molar-refractivity contribution in [2.24, 2.45) is 0 Å². The van der Waals surface area contributed by atoms with Crippen molar-refractivity contribution in [1.29, 1.82) is 0 Å². The molecule has 0 nitrogen and oxygen atoms in total. The van der Waals surface area contributed by atoms with E-state index in [0.29, 0.717) is 0 Å². The first kappa shape index (κ1) is 13.9. The number of benzene rings is 2. The van der Waals surface area contributed by atoms with Crippen LogP contribution in [0, 0.1) is 5.82 Å². The molecule has 0 N–H and O–H groups in total. The summed E-state index contributed by atoms with van der Waals surface area (Å²) >= 11 is 0. The zero-order valence-corrected chi connectivity index (χ0v) is 10.2. The van der Waals surface area contributed by atoms with Crippen molar-refractivity contribution < 1.29 is 4.39 Å². The van der Waals surface area contributed by atoms with Gasteiger partial charge in [-0.2, -0.15) is 0 Å². The number of hydrogen-bond donors (Lipinski definition) is 0. The Balaban J connectivity index is 0.000000137. The van der Waals surface area contributed by atoms with E-state index in [-0.39, 0.29) is 5.82 Å². The second-order valence-electron chi connectivity index (χ2n) is 3.54. The van der Waals surface area contributed by atoms with Crippen LogP contribution in [0.5, 0.6) is 0 Å². The molecule has 0 spiro atoms. The van der Waals surface area contributed by atoms with Crippen molar-refractivity contribution in [3.63, 3.8) is 0 Å². The molecular weight excluding hydrogens is 223 g/mol. The summed E-state index contributed by atoms with van der Waals surface area (Å²) in [6.45, 7) is 0. The summed E-state index contributed by atoms with van der Waals surface area (Å²) in [7, 11) is 0. The van der Waals surface area contributed by atoms with Crippen molar-refractivity contribution in [1.82, 2.24) is 0 Å². The second kappa shape index (κ2) is 10.0. The van der Waals surface area contributed by atoms with Crippen LogP contribution >= 0.6 is 0 Å². The minimum absolute atomic E-state index is 0.178. The fourth-order valence-electron chi connectivity index (χ4n) is 1.19. The molecule has 0 unspecified atom stereocenters. The van der Waals surface area contributed by atoms with Gasteiger partial charge < -0.3 is 0 Å². The van der Waals surface area contributed by atoms with Crippen LogP contribution in [0.1, 0.15) is 6.42 Å². The maximum absolute atomic E-state index is 11.9. The molecule has 92 valence electrons. The second-order valence-corrected chi connectivity index (χ2v) is 3.54. The van der Waals surface area contributed by atoms with Gasteiger partial charge in [-0.1, -0.05) is 78.9 Å². The van der Waals surface area contributed by atoms with E-state index in [2.05, 4.69) is 24.3 Å². The van der Waals surface area contributed by atoms with E-state index in [1.807, 2.05) is 36.4 Å². The number of hydrogen-bond acceptors (Lipinski definition) is 0. The molecule has 0 saturated carbocycles. The third-order valence-corrected chi connectivity index (χ3v) is 2.06. The lowest BCUT2D eigenvalue weighted by Gasteiger charge is -1.78. The fourth-order valence-corrected chi connectivity index (χ4v) is 1.19. The highest BCUT2D eigenvalue weighted by Crippen LogP contribution is 1.93. The van der Waals surface area contributed by atoms with Gasteiger partial charge in [0.15, 0.2) is 0 Å². The Hall–Kier alpha value is -2.15. The zero-order valence-electron chi connectivity index (χ0n) is 10.2. The van der Waals surface area contributed by atoms with E-state index in [1.54, 1.807) is 18.2 Å². The van der Waals surface area contributed by atoms with Gasteiger partial charge >= 0.3 is 0 Å². The lowest BCUT2D eigenvalue weighted by atomic mass is 10.4. The van der Waals surface area contributed by atoms with Crippen molar-refractivity contribution in [3.05, 3.63) is 96.9 Å². The quantitative estimate of drug-likeness (QED) is 0.607. The summed E-state index contributed by atoms with van der Waals surface area (Å²) in [5.74, 6) is -0.178. The van der Waals surface area contributed by atoms with E-state index in [0.717, 1.165) is 6.42 Å². The standard InChI is InChI=1S/C6H5F.C6H6.C5H6/c7-6-4-2-1-3-5-6;1-2-4-6-5-3-1;1-2-4-5-3-1/h1-5H;1-6H;1-4H,5H2. The zero-order chi connectivity index (χ0) is 12.9. The van der Waals surface area contributed by atoms with E-state index in [4.69, 9.17) is 0 Å². The van der Waals surface area contributed by atoms with Crippen LogP contribution in [0.4, 0.5) is 4.39 Å². The summed E-state index contributed by atoms with van der Waals surface area (Å²) in [4.78, 5) is 0. The lowest BCUT2D eigenvalue weighted by molar-refractivity contribution is 0.628. The summed E-state index contributed by atoms with van der Waals surface area (Å²) < 4.78 is 11.9. The summed E-state index contributed by atoms with van der Waals surface area (Å²) in [5, 5.41) is 0. The average molecular weight is 240 g/mol. The molecule has 0 amide bonds. The molecule has 2 aromatic rings. The highest BCUT2D eigenvalue weighted by atomic mass is 19.1. The third-order valence-electron chi connectivity index (χ3n) is 2.06. The van der Waals surface area contributed by atoms with Gasteiger partial charge in [0, 0.05) is 0 Å². The highest BCUT2D eigenvalue weighted by molar-refractivity contribution is 5.12. The summed E-state index contributed by atoms with van der Waals surface area (Å²) in [6, 6.07) is 19.9. The molecular formula is C17H17F.